The van der Waals surface area contributed by atoms with Crippen LogP contribution in [0.2, 0.25) is 0 Å². The highest BCUT2D eigenvalue weighted by Gasteiger charge is 2.41. The average molecular weight is 397 g/mol. The van der Waals surface area contributed by atoms with Crippen LogP contribution in [0.4, 0.5) is 5.82 Å². The summed E-state index contributed by atoms with van der Waals surface area (Å²) < 4.78 is 2.08. The number of anilines is 1. The van der Waals surface area contributed by atoms with Gasteiger partial charge in [0.1, 0.15) is 11.6 Å². The van der Waals surface area contributed by atoms with E-state index >= 15 is 0 Å². The Morgan fingerprint density at radius 2 is 2.00 bits per heavy atom. The number of aryl methyl sites for hydroxylation is 3. The van der Waals surface area contributed by atoms with Gasteiger partial charge in [-0.15, -0.1) is 0 Å². The van der Waals surface area contributed by atoms with E-state index in [4.69, 9.17) is 4.98 Å². The van der Waals surface area contributed by atoms with Gasteiger partial charge in [0.25, 0.3) is 0 Å². The Morgan fingerprint density at radius 1 is 1.17 bits per heavy atom. The predicted octanol–water partition coefficient (Wildman–Crippen LogP) is 2.84. The molecular weight excluding hydrogens is 364 g/mol. The first-order valence-electron chi connectivity index (χ1n) is 10.9. The zero-order chi connectivity index (χ0) is 20.3. The van der Waals surface area contributed by atoms with Crippen LogP contribution in [0.3, 0.4) is 0 Å². The molecule has 2 aromatic heterocycles. The lowest BCUT2D eigenvalue weighted by molar-refractivity contribution is -0.138. The lowest BCUT2D eigenvalue weighted by atomic mass is 9.72. The Morgan fingerprint density at radius 3 is 2.72 bits per heavy atom. The fourth-order valence-corrected chi connectivity index (χ4v) is 4.78. The van der Waals surface area contributed by atoms with Gasteiger partial charge in [-0.05, 0) is 44.4 Å². The van der Waals surface area contributed by atoms with E-state index in [-0.39, 0.29) is 5.41 Å². The van der Waals surface area contributed by atoms with E-state index in [2.05, 4.69) is 31.3 Å². The Labute approximate surface area is 173 Å². The molecule has 2 aliphatic heterocycles. The highest BCUT2D eigenvalue weighted by Crippen LogP contribution is 2.41. The van der Waals surface area contributed by atoms with E-state index in [1.165, 1.54) is 5.56 Å². The van der Waals surface area contributed by atoms with Crippen LogP contribution in [-0.2, 0) is 17.8 Å². The van der Waals surface area contributed by atoms with Crippen LogP contribution < -0.4 is 4.90 Å². The van der Waals surface area contributed by atoms with E-state index in [1.807, 2.05) is 25.6 Å². The summed E-state index contributed by atoms with van der Waals surface area (Å²) in [6.45, 7) is 8.82. The minimum absolute atomic E-state index is 0.272. The van der Waals surface area contributed by atoms with Crippen LogP contribution in [0.5, 0.6) is 0 Å². The van der Waals surface area contributed by atoms with Crippen molar-refractivity contribution < 1.29 is 4.79 Å². The molecule has 7 nitrogen and oxygen atoms in total. The molecule has 4 rings (SSSR count). The van der Waals surface area contributed by atoms with Crippen LogP contribution in [-0.4, -0.2) is 56.5 Å². The minimum Gasteiger partial charge on any atom is -0.356 e. The van der Waals surface area contributed by atoms with Gasteiger partial charge in [-0.3, -0.25) is 4.79 Å². The van der Waals surface area contributed by atoms with E-state index in [1.54, 1.807) is 6.20 Å². The van der Waals surface area contributed by atoms with Crippen molar-refractivity contribution in [1.29, 1.82) is 0 Å². The largest absolute Gasteiger partial charge is 0.356 e. The fraction of sp³-hybridized carbons (Fsp3) is 0.636. The molecule has 0 N–H and O–H groups in total. The lowest BCUT2D eigenvalue weighted by Crippen LogP contribution is -2.52. The average Bonchev–Trinajstić information content (AvgIpc) is 3.25. The summed E-state index contributed by atoms with van der Waals surface area (Å²) in [7, 11) is 0. The molecule has 0 unspecified atom stereocenters. The zero-order valence-corrected chi connectivity index (χ0v) is 17.7. The molecule has 2 saturated heterocycles. The summed E-state index contributed by atoms with van der Waals surface area (Å²) in [5.41, 5.74) is 1.50. The third kappa shape index (κ3) is 4.43. The molecule has 0 radical (unpaired) electrons. The standard InChI is InChI=1S/C22H32N6O/c1-3-19-15-24-18(2)25-21(19)27-12-7-22(8-13-27)6-5-20(29)28(16-22)11-4-10-26-14-9-23-17-26/h9,14-15,17H,3-8,10-13,16H2,1-2H3. The molecule has 4 heterocycles. The molecule has 29 heavy (non-hydrogen) atoms. The smallest absolute Gasteiger partial charge is 0.222 e. The zero-order valence-electron chi connectivity index (χ0n) is 17.7. The first-order chi connectivity index (χ1) is 14.1. The molecule has 0 aromatic carbocycles. The molecule has 0 bridgehead atoms. The molecular formula is C22H32N6O. The first kappa shape index (κ1) is 19.9. The topological polar surface area (TPSA) is 67.2 Å². The maximum atomic E-state index is 12.5. The number of likely N-dealkylation sites (tertiary alicyclic amines) is 1. The number of carbonyl (C=O) groups excluding carboxylic acids is 1. The van der Waals surface area contributed by atoms with Gasteiger partial charge in [0.15, 0.2) is 0 Å². The van der Waals surface area contributed by atoms with Crippen molar-refractivity contribution in [3.8, 4) is 0 Å². The SMILES string of the molecule is CCc1cnc(C)nc1N1CCC2(CCC(=O)N(CCCn3ccnc3)C2)CC1. The third-order valence-electron chi connectivity index (χ3n) is 6.62. The molecule has 7 heteroatoms. The maximum Gasteiger partial charge on any atom is 0.222 e. The molecule has 0 atom stereocenters. The van der Waals surface area contributed by atoms with Gasteiger partial charge in [0.2, 0.25) is 5.91 Å². The van der Waals surface area contributed by atoms with Crippen molar-refractivity contribution in [3.63, 3.8) is 0 Å². The summed E-state index contributed by atoms with van der Waals surface area (Å²) in [6, 6.07) is 0. The molecule has 2 aromatic rings. The van der Waals surface area contributed by atoms with Crippen LogP contribution in [0.15, 0.2) is 24.9 Å². The Balaban J connectivity index is 1.36. The summed E-state index contributed by atoms with van der Waals surface area (Å²) in [6.07, 6.45) is 13.5. The van der Waals surface area contributed by atoms with E-state index < -0.39 is 0 Å². The highest BCUT2D eigenvalue weighted by atomic mass is 16.2. The summed E-state index contributed by atoms with van der Waals surface area (Å²) in [5.74, 6) is 2.27. The van der Waals surface area contributed by atoms with Gasteiger partial charge in [-0.1, -0.05) is 6.92 Å². The Hall–Kier alpha value is -2.44. The molecule has 1 spiro atoms. The molecule has 1 amide bonds. The van der Waals surface area contributed by atoms with Gasteiger partial charge in [-0.2, -0.15) is 0 Å². The van der Waals surface area contributed by atoms with Crippen molar-refractivity contribution >= 4 is 11.7 Å². The second kappa shape index (κ2) is 8.51. The summed E-state index contributed by atoms with van der Waals surface area (Å²) in [4.78, 5) is 30.2. The van der Waals surface area contributed by atoms with Gasteiger partial charge >= 0.3 is 0 Å². The monoisotopic (exact) mass is 396 g/mol. The van der Waals surface area contributed by atoms with E-state index in [0.29, 0.717) is 12.3 Å². The van der Waals surface area contributed by atoms with Crippen molar-refractivity contribution in [2.45, 2.75) is 58.9 Å². The normalized spacial score (nSPS) is 19.2. The van der Waals surface area contributed by atoms with Crippen molar-refractivity contribution in [2.24, 2.45) is 5.41 Å². The fourth-order valence-electron chi connectivity index (χ4n) is 4.78. The van der Waals surface area contributed by atoms with Crippen LogP contribution in [0, 0.1) is 12.3 Å². The summed E-state index contributed by atoms with van der Waals surface area (Å²) >= 11 is 0. The van der Waals surface area contributed by atoms with Crippen LogP contribution in [0.25, 0.3) is 0 Å². The second-order valence-electron chi connectivity index (χ2n) is 8.58. The van der Waals surface area contributed by atoms with Crippen molar-refractivity contribution in [1.82, 2.24) is 24.4 Å². The molecule has 0 saturated carbocycles. The molecule has 2 aliphatic rings. The Kier molecular flexibility index (Phi) is 5.83. The van der Waals surface area contributed by atoms with Gasteiger partial charge < -0.3 is 14.4 Å². The summed E-state index contributed by atoms with van der Waals surface area (Å²) in [5, 5.41) is 0. The number of carbonyl (C=O) groups is 1. The number of piperidine rings is 2. The number of hydrogen-bond donors (Lipinski definition) is 0. The first-order valence-corrected chi connectivity index (χ1v) is 10.9. The molecule has 0 aliphatic carbocycles. The minimum atomic E-state index is 0.272. The van der Waals surface area contributed by atoms with Crippen LogP contribution >= 0.6 is 0 Å². The van der Waals surface area contributed by atoms with Crippen LogP contribution in [0.1, 0.15) is 50.4 Å². The quantitative estimate of drug-likeness (QED) is 0.751. The predicted molar refractivity (Wildman–Crippen MR) is 113 cm³/mol. The van der Waals surface area contributed by atoms with E-state index in [0.717, 1.165) is 76.5 Å². The number of hydrogen-bond acceptors (Lipinski definition) is 5. The maximum absolute atomic E-state index is 12.5. The highest BCUT2D eigenvalue weighted by molar-refractivity contribution is 5.77. The molecule has 2 fully saturated rings. The molecule has 156 valence electrons. The number of amides is 1. The number of aromatic nitrogens is 4. The van der Waals surface area contributed by atoms with Crippen molar-refractivity contribution in [3.05, 3.63) is 36.3 Å². The van der Waals surface area contributed by atoms with Gasteiger partial charge in [0.05, 0.1) is 6.33 Å². The third-order valence-corrected chi connectivity index (χ3v) is 6.62. The number of nitrogens with zero attached hydrogens (tertiary/aromatic N) is 6. The number of imidazole rings is 1. The van der Waals surface area contributed by atoms with E-state index in [9.17, 15) is 4.79 Å². The van der Waals surface area contributed by atoms with Gasteiger partial charge in [0, 0.05) is 63.3 Å². The Bertz CT molecular complexity index is 826. The van der Waals surface area contributed by atoms with Crippen molar-refractivity contribution in [2.75, 3.05) is 31.1 Å². The second-order valence-corrected chi connectivity index (χ2v) is 8.58. The lowest BCUT2D eigenvalue weighted by Gasteiger charge is -2.48. The van der Waals surface area contributed by atoms with Gasteiger partial charge in [-0.25, -0.2) is 15.0 Å². The number of rotatable bonds is 6.